The number of fused-ring (bicyclic) bond motifs is 2. The average molecular weight is 412 g/mol. The molecule has 0 saturated carbocycles. The van der Waals surface area contributed by atoms with E-state index in [1.165, 1.54) is 27.8 Å². The van der Waals surface area contributed by atoms with E-state index in [0.29, 0.717) is 0 Å². The van der Waals surface area contributed by atoms with Gasteiger partial charge in [-0.05, 0) is 36.6 Å². The van der Waals surface area contributed by atoms with Gasteiger partial charge in [-0.15, -0.1) is 0 Å². The molecule has 0 atom stereocenters. The molecule has 4 heteroatoms. The van der Waals surface area contributed by atoms with Crippen LogP contribution in [0.1, 0.15) is 25.3 Å². The molecule has 0 bridgehead atoms. The molecule has 1 nitrogen and oxygen atoms in total. The molecule has 0 aliphatic rings. The van der Waals surface area contributed by atoms with E-state index in [9.17, 15) is 0 Å². The highest BCUT2D eigenvalue weighted by Gasteiger charge is 2.16. The third kappa shape index (κ3) is 2.87. The van der Waals surface area contributed by atoms with Crippen molar-refractivity contribution in [3.05, 3.63) is 44.8 Å². The Hall–Kier alpha value is -0.580. The summed E-state index contributed by atoms with van der Waals surface area (Å²) in [4.78, 5) is 4.88. The quantitative estimate of drug-likeness (QED) is 0.349. The molecule has 1 heterocycles. The van der Waals surface area contributed by atoms with Gasteiger partial charge in [-0.2, -0.15) is 0 Å². The molecule has 0 aliphatic heterocycles. The van der Waals surface area contributed by atoms with Gasteiger partial charge in [-0.25, -0.2) is 4.98 Å². The molecule has 0 amide bonds. The van der Waals surface area contributed by atoms with Crippen LogP contribution in [0.5, 0.6) is 0 Å². The number of aromatic nitrogens is 1. The largest absolute Gasteiger partial charge is 0.258 e. The smallest absolute Gasteiger partial charge is 0.237 e. The van der Waals surface area contributed by atoms with E-state index in [1.807, 2.05) is 0 Å². The van der Waals surface area contributed by atoms with E-state index in [-0.39, 0.29) is 0 Å². The van der Waals surface area contributed by atoms with Crippen LogP contribution in [0.3, 0.4) is 0 Å². The van der Waals surface area contributed by atoms with Crippen LogP contribution in [0.15, 0.2) is 39.3 Å². The van der Waals surface area contributed by atoms with Crippen LogP contribution in [0.4, 0.5) is 0 Å². The molecule has 3 rings (SSSR count). The van der Waals surface area contributed by atoms with Crippen molar-refractivity contribution in [2.75, 3.05) is 0 Å². The van der Waals surface area contributed by atoms with Crippen LogP contribution < -0.4 is 0 Å². The Kier molecular flexibility index (Phi) is 4.34. The zero-order chi connectivity index (χ0) is 14.1. The first-order valence-corrected chi connectivity index (χ1v) is 9.09. The highest BCUT2D eigenvalue weighted by molar-refractivity contribution is 9.10. The van der Waals surface area contributed by atoms with Gasteiger partial charge in [-0.1, -0.05) is 45.2 Å². The Bertz CT molecular complexity index is 786. The van der Waals surface area contributed by atoms with Gasteiger partial charge in [0.1, 0.15) is 11.0 Å². The van der Waals surface area contributed by atoms with E-state index in [2.05, 4.69) is 69.1 Å². The van der Waals surface area contributed by atoms with Crippen LogP contribution in [0.25, 0.3) is 20.4 Å². The van der Waals surface area contributed by atoms with Gasteiger partial charge in [0.25, 0.3) is 9.40 Å². The number of rotatable bonds is 3. The maximum Gasteiger partial charge on any atom is 0.258 e. The van der Waals surface area contributed by atoms with Gasteiger partial charge >= 0.3 is 0 Å². The number of benzene rings is 2. The summed E-state index contributed by atoms with van der Waals surface area (Å²) in [6.45, 7) is 2.23. The Balaban J connectivity index is 2.26. The van der Waals surface area contributed by atoms with Crippen molar-refractivity contribution in [2.45, 2.75) is 26.2 Å². The molecule has 0 radical (unpaired) electrons. The summed E-state index contributed by atoms with van der Waals surface area (Å²) in [6.07, 6.45) is 3.50. The number of hydrogen-bond acceptors (Lipinski definition) is 1. The van der Waals surface area contributed by atoms with Gasteiger partial charge in [-0.3, -0.25) is 0 Å². The standard InChI is InChI=1S/C16H14Br2NS/c1-2-3-4-10-7-12(18)9-15-16(10)19-13-6-5-11(17)8-14(13)20-15/h5-9H,2-4H2,1H3/q+1. The molecule has 0 N–H and O–H groups in total. The molecule has 0 unspecified atom stereocenters. The van der Waals surface area contributed by atoms with Crippen molar-refractivity contribution < 1.29 is 0 Å². The van der Waals surface area contributed by atoms with Crippen LogP contribution in [-0.4, -0.2) is 4.98 Å². The molecule has 2 aromatic carbocycles. The van der Waals surface area contributed by atoms with E-state index >= 15 is 0 Å². The second-order valence-electron chi connectivity index (χ2n) is 4.84. The molecule has 0 spiro atoms. The molecular weight excluding hydrogens is 398 g/mol. The summed E-state index contributed by atoms with van der Waals surface area (Å²) in [5.74, 6) is 0. The number of aryl methyl sites for hydroxylation is 1. The number of halogens is 2. The number of unbranched alkanes of at least 4 members (excludes halogenated alkanes) is 1. The molecule has 0 saturated heterocycles. The predicted molar refractivity (Wildman–Crippen MR) is 95.5 cm³/mol. The first kappa shape index (κ1) is 14.4. The minimum absolute atomic E-state index is 1.07. The van der Waals surface area contributed by atoms with Crippen LogP contribution in [0, 0.1) is 0 Å². The molecule has 102 valence electrons. The summed E-state index contributed by atoms with van der Waals surface area (Å²) in [6, 6.07) is 10.7. The zero-order valence-corrected chi connectivity index (χ0v) is 15.1. The third-order valence-electron chi connectivity index (χ3n) is 3.29. The molecule has 3 aromatic rings. The lowest BCUT2D eigenvalue weighted by Gasteiger charge is -2.03. The molecule has 0 fully saturated rings. The summed E-state index contributed by atoms with van der Waals surface area (Å²) >= 11 is 8.96. The third-order valence-corrected chi connectivity index (χ3v) is 5.32. The Labute approximate surface area is 139 Å². The topological polar surface area (TPSA) is 12.9 Å². The highest BCUT2D eigenvalue weighted by atomic mass is 79.9. The first-order chi connectivity index (χ1) is 9.67. The minimum atomic E-state index is 1.07. The lowest BCUT2D eigenvalue weighted by Crippen LogP contribution is -1.90. The lowest BCUT2D eigenvalue weighted by atomic mass is 10.1. The molecule has 0 aliphatic carbocycles. The van der Waals surface area contributed by atoms with Gasteiger partial charge in [0.15, 0.2) is 0 Å². The average Bonchev–Trinajstić information content (AvgIpc) is 2.42. The van der Waals surface area contributed by atoms with Crippen molar-refractivity contribution in [2.24, 2.45) is 0 Å². The lowest BCUT2D eigenvalue weighted by molar-refractivity contribution is 0.798. The fraction of sp³-hybridized carbons (Fsp3) is 0.250. The van der Waals surface area contributed by atoms with Crippen molar-refractivity contribution in [1.82, 2.24) is 4.98 Å². The second-order valence-corrected chi connectivity index (χ2v) is 7.76. The van der Waals surface area contributed by atoms with Crippen LogP contribution in [0.2, 0.25) is 0 Å². The Morgan fingerprint density at radius 1 is 1.05 bits per heavy atom. The summed E-state index contributed by atoms with van der Waals surface area (Å²) < 4.78 is 4.70. The highest BCUT2D eigenvalue weighted by Crippen LogP contribution is 2.32. The van der Waals surface area contributed by atoms with Crippen molar-refractivity contribution in [3.63, 3.8) is 0 Å². The second kappa shape index (κ2) is 6.04. The fourth-order valence-corrected chi connectivity index (χ4v) is 4.56. The SMILES string of the molecule is CCCCc1cc(Br)cc2[s+]c3cc(Br)ccc3nc12. The number of hydrogen-bond donors (Lipinski definition) is 0. The maximum absolute atomic E-state index is 4.88. The maximum atomic E-state index is 4.88. The zero-order valence-electron chi connectivity index (χ0n) is 11.1. The summed E-state index contributed by atoms with van der Waals surface area (Å²) in [5.41, 5.74) is 3.57. The molecule has 20 heavy (non-hydrogen) atoms. The van der Waals surface area contributed by atoms with Crippen molar-refractivity contribution in [3.8, 4) is 0 Å². The van der Waals surface area contributed by atoms with Crippen molar-refractivity contribution in [1.29, 1.82) is 0 Å². The van der Waals surface area contributed by atoms with Gasteiger partial charge in [0, 0.05) is 21.1 Å². The fourth-order valence-electron chi connectivity index (χ4n) is 2.29. The van der Waals surface area contributed by atoms with Gasteiger partial charge in [0.05, 0.1) is 0 Å². The Morgan fingerprint density at radius 3 is 2.65 bits per heavy atom. The minimum Gasteiger partial charge on any atom is -0.237 e. The van der Waals surface area contributed by atoms with E-state index in [0.717, 1.165) is 26.4 Å². The normalized spacial score (nSPS) is 11.3. The molecule has 1 aromatic heterocycles. The van der Waals surface area contributed by atoms with Gasteiger partial charge < -0.3 is 0 Å². The van der Waals surface area contributed by atoms with E-state index in [1.54, 1.807) is 11.3 Å². The van der Waals surface area contributed by atoms with Gasteiger partial charge in [0.2, 0.25) is 11.3 Å². The first-order valence-electron chi connectivity index (χ1n) is 6.69. The summed E-state index contributed by atoms with van der Waals surface area (Å²) in [5, 5.41) is 0. The van der Waals surface area contributed by atoms with E-state index < -0.39 is 0 Å². The summed E-state index contributed by atoms with van der Waals surface area (Å²) in [7, 11) is 0. The van der Waals surface area contributed by atoms with Crippen molar-refractivity contribution >= 4 is 63.6 Å². The Morgan fingerprint density at radius 2 is 1.85 bits per heavy atom. The van der Waals surface area contributed by atoms with Crippen LogP contribution >= 0.6 is 43.2 Å². The predicted octanol–water partition coefficient (Wildman–Crippen LogP) is 6.60. The van der Waals surface area contributed by atoms with E-state index in [4.69, 9.17) is 4.98 Å². The molecular formula is C16H14Br2NS+. The van der Waals surface area contributed by atoms with Crippen LogP contribution in [-0.2, 0) is 6.42 Å². The number of nitrogens with zero attached hydrogens (tertiary/aromatic N) is 1. The monoisotopic (exact) mass is 410 g/mol.